The molecule has 114 valence electrons. The fourth-order valence-corrected chi connectivity index (χ4v) is 2.18. The van der Waals surface area contributed by atoms with Gasteiger partial charge in [0.1, 0.15) is 23.3 Å². The van der Waals surface area contributed by atoms with E-state index in [-0.39, 0.29) is 6.10 Å². The van der Waals surface area contributed by atoms with Gasteiger partial charge in [0.2, 0.25) is 0 Å². The van der Waals surface area contributed by atoms with E-state index in [2.05, 4.69) is 6.07 Å². The van der Waals surface area contributed by atoms with Crippen LogP contribution in [0, 0.1) is 11.3 Å². The van der Waals surface area contributed by atoms with Crippen LogP contribution in [0.3, 0.4) is 0 Å². The van der Waals surface area contributed by atoms with E-state index in [4.69, 9.17) is 14.2 Å². The molecule has 2 aromatic carbocycles. The lowest BCUT2D eigenvalue weighted by Crippen LogP contribution is -2.06. The molecule has 4 heteroatoms. The number of rotatable bonds is 5. The summed E-state index contributed by atoms with van der Waals surface area (Å²) in [7, 11) is 3.22. The van der Waals surface area contributed by atoms with Crippen molar-refractivity contribution in [2.24, 2.45) is 0 Å². The Morgan fingerprint density at radius 1 is 0.955 bits per heavy atom. The van der Waals surface area contributed by atoms with Crippen LogP contribution in [0.5, 0.6) is 17.2 Å². The van der Waals surface area contributed by atoms with Crippen molar-refractivity contribution >= 4 is 0 Å². The zero-order valence-corrected chi connectivity index (χ0v) is 13.2. The maximum absolute atomic E-state index is 9.33. The Kier molecular flexibility index (Phi) is 4.90. The maximum Gasteiger partial charge on any atom is 0.137 e. The Labute approximate surface area is 130 Å². The molecular formula is C18H19NO3. The number of hydrogen-bond acceptors (Lipinski definition) is 4. The first kappa shape index (κ1) is 15.7. The second-order valence-electron chi connectivity index (χ2n) is 5.06. The summed E-state index contributed by atoms with van der Waals surface area (Å²) in [6, 6.07) is 13.3. The lowest BCUT2D eigenvalue weighted by molar-refractivity contribution is 0.242. The van der Waals surface area contributed by atoms with Crippen LogP contribution in [0.2, 0.25) is 0 Å². The number of methoxy groups -OCH3 is 2. The largest absolute Gasteiger partial charge is 0.497 e. The van der Waals surface area contributed by atoms with Crippen molar-refractivity contribution in [3.63, 3.8) is 0 Å². The van der Waals surface area contributed by atoms with E-state index in [1.165, 1.54) is 0 Å². The Hall–Kier alpha value is -2.67. The lowest BCUT2D eigenvalue weighted by Gasteiger charge is -2.14. The van der Waals surface area contributed by atoms with E-state index in [0.717, 1.165) is 16.9 Å². The predicted molar refractivity (Wildman–Crippen MR) is 85.5 cm³/mol. The number of ether oxygens (including phenoxy) is 3. The summed E-state index contributed by atoms with van der Waals surface area (Å²) in [5, 5.41) is 9.33. The summed E-state index contributed by atoms with van der Waals surface area (Å²) >= 11 is 0. The summed E-state index contributed by atoms with van der Waals surface area (Å²) in [4.78, 5) is 0. The second-order valence-corrected chi connectivity index (χ2v) is 5.06. The van der Waals surface area contributed by atoms with Gasteiger partial charge < -0.3 is 14.2 Å². The summed E-state index contributed by atoms with van der Waals surface area (Å²) in [6.45, 7) is 3.86. The lowest BCUT2D eigenvalue weighted by atomic mass is 10.0. The molecule has 0 aliphatic heterocycles. The molecule has 0 heterocycles. The molecule has 4 nitrogen and oxygen atoms in total. The molecule has 0 fully saturated rings. The van der Waals surface area contributed by atoms with Crippen LogP contribution in [-0.4, -0.2) is 20.3 Å². The highest BCUT2D eigenvalue weighted by atomic mass is 16.5. The third-order valence-corrected chi connectivity index (χ3v) is 3.18. The number of nitriles is 1. The molecule has 0 amide bonds. The number of benzene rings is 2. The topological polar surface area (TPSA) is 51.5 Å². The minimum Gasteiger partial charge on any atom is -0.497 e. The molecule has 0 aliphatic rings. The van der Waals surface area contributed by atoms with Gasteiger partial charge in [0, 0.05) is 11.6 Å². The van der Waals surface area contributed by atoms with Crippen LogP contribution in [0.25, 0.3) is 11.1 Å². The summed E-state index contributed by atoms with van der Waals surface area (Å²) in [5.41, 5.74) is 2.30. The molecular weight excluding hydrogens is 278 g/mol. The first-order valence-electron chi connectivity index (χ1n) is 7.02. The quantitative estimate of drug-likeness (QED) is 0.836. The third-order valence-electron chi connectivity index (χ3n) is 3.18. The molecule has 0 atom stereocenters. The predicted octanol–water partition coefficient (Wildman–Crippen LogP) is 4.03. The Bertz CT molecular complexity index is 702. The van der Waals surface area contributed by atoms with Crippen molar-refractivity contribution in [3.05, 3.63) is 42.0 Å². The van der Waals surface area contributed by atoms with E-state index in [1.807, 2.05) is 50.2 Å². The third kappa shape index (κ3) is 3.32. The first-order valence-corrected chi connectivity index (χ1v) is 7.02. The molecule has 0 radical (unpaired) electrons. The van der Waals surface area contributed by atoms with Crippen molar-refractivity contribution in [2.45, 2.75) is 20.0 Å². The fourth-order valence-electron chi connectivity index (χ4n) is 2.18. The van der Waals surface area contributed by atoms with Gasteiger partial charge in [-0.1, -0.05) is 6.07 Å². The summed E-state index contributed by atoms with van der Waals surface area (Å²) < 4.78 is 16.3. The van der Waals surface area contributed by atoms with Gasteiger partial charge in [-0.25, -0.2) is 0 Å². The van der Waals surface area contributed by atoms with Crippen molar-refractivity contribution in [1.82, 2.24) is 0 Å². The smallest absolute Gasteiger partial charge is 0.137 e. The van der Waals surface area contributed by atoms with Gasteiger partial charge in [0.25, 0.3) is 0 Å². The van der Waals surface area contributed by atoms with Gasteiger partial charge in [0.15, 0.2) is 0 Å². The van der Waals surface area contributed by atoms with Crippen LogP contribution in [0.1, 0.15) is 19.4 Å². The highest BCUT2D eigenvalue weighted by Crippen LogP contribution is 2.35. The molecule has 2 aromatic rings. The van der Waals surface area contributed by atoms with Gasteiger partial charge in [-0.15, -0.1) is 0 Å². The second kappa shape index (κ2) is 6.86. The van der Waals surface area contributed by atoms with Gasteiger partial charge in [0.05, 0.1) is 25.9 Å². The van der Waals surface area contributed by atoms with Gasteiger partial charge >= 0.3 is 0 Å². The van der Waals surface area contributed by atoms with E-state index in [1.54, 1.807) is 14.2 Å². The molecule has 22 heavy (non-hydrogen) atoms. The molecule has 2 rings (SSSR count). The molecule has 0 N–H and O–H groups in total. The van der Waals surface area contributed by atoms with Crippen LogP contribution >= 0.6 is 0 Å². The Morgan fingerprint density at radius 3 is 2.32 bits per heavy atom. The number of hydrogen-bond donors (Lipinski definition) is 0. The first-order chi connectivity index (χ1) is 10.6. The molecule has 0 saturated heterocycles. The molecule has 0 bridgehead atoms. The maximum atomic E-state index is 9.33. The van der Waals surface area contributed by atoms with Crippen LogP contribution < -0.4 is 14.2 Å². The minimum absolute atomic E-state index is 0.0217. The Balaban J connectivity index is 2.48. The van der Waals surface area contributed by atoms with Gasteiger partial charge in [-0.05, 0) is 43.7 Å². The van der Waals surface area contributed by atoms with Crippen molar-refractivity contribution in [2.75, 3.05) is 14.2 Å². The normalized spacial score (nSPS) is 10.2. The van der Waals surface area contributed by atoms with E-state index >= 15 is 0 Å². The van der Waals surface area contributed by atoms with E-state index in [0.29, 0.717) is 17.1 Å². The standard InChI is InChI=1S/C18H19NO3/c1-12(2)22-17-8-5-13(9-14(17)11-19)16-7-6-15(20-3)10-18(16)21-4/h5-10,12H,1-4H3. The SMILES string of the molecule is COc1ccc(-c2ccc(OC(C)C)c(C#N)c2)c(OC)c1. The van der Waals surface area contributed by atoms with Crippen molar-refractivity contribution in [1.29, 1.82) is 5.26 Å². The van der Waals surface area contributed by atoms with Crippen LogP contribution in [0.4, 0.5) is 0 Å². The summed E-state index contributed by atoms with van der Waals surface area (Å²) in [6.07, 6.45) is 0.0217. The highest BCUT2D eigenvalue weighted by molar-refractivity contribution is 5.73. The van der Waals surface area contributed by atoms with Gasteiger partial charge in [-0.2, -0.15) is 5.26 Å². The summed E-state index contributed by atoms with van der Waals surface area (Å²) in [5.74, 6) is 2.01. The zero-order valence-electron chi connectivity index (χ0n) is 13.2. The molecule has 0 unspecified atom stereocenters. The highest BCUT2D eigenvalue weighted by Gasteiger charge is 2.11. The van der Waals surface area contributed by atoms with Crippen molar-refractivity contribution < 1.29 is 14.2 Å². The van der Waals surface area contributed by atoms with E-state index < -0.39 is 0 Å². The fraction of sp³-hybridized carbons (Fsp3) is 0.278. The number of nitrogens with zero attached hydrogens (tertiary/aromatic N) is 1. The molecule has 0 aromatic heterocycles. The monoisotopic (exact) mass is 297 g/mol. The zero-order chi connectivity index (χ0) is 16.1. The average Bonchev–Trinajstić information content (AvgIpc) is 2.54. The van der Waals surface area contributed by atoms with Crippen molar-refractivity contribution in [3.8, 4) is 34.4 Å². The molecule has 0 saturated carbocycles. The van der Waals surface area contributed by atoms with Crippen LogP contribution in [-0.2, 0) is 0 Å². The Morgan fingerprint density at radius 2 is 1.73 bits per heavy atom. The van der Waals surface area contributed by atoms with Gasteiger partial charge in [-0.3, -0.25) is 0 Å². The average molecular weight is 297 g/mol. The molecule has 0 spiro atoms. The minimum atomic E-state index is 0.0217. The van der Waals surface area contributed by atoms with E-state index in [9.17, 15) is 5.26 Å². The van der Waals surface area contributed by atoms with Crippen LogP contribution in [0.15, 0.2) is 36.4 Å². The molecule has 0 aliphatic carbocycles.